The third-order valence-electron chi connectivity index (χ3n) is 3.05. The molecule has 1 aliphatic rings. The molecule has 0 saturated heterocycles. The van der Waals surface area contributed by atoms with Crippen LogP contribution in [0.25, 0.3) is 0 Å². The van der Waals surface area contributed by atoms with Crippen molar-refractivity contribution in [3.05, 3.63) is 23.8 Å². The first-order chi connectivity index (χ1) is 7.63. The van der Waals surface area contributed by atoms with Crippen LogP contribution in [-0.4, -0.2) is 23.4 Å². The van der Waals surface area contributed by atoms with Crippen LogP contribution in [0.15, 0.2) is 18.2 Å². The molecule has 0 aromatic heterocycles. The van der Waals surface area contributed by atoms with Crippen LogP contribution in [0.5, 0.6) is 11.5 Å². The molecule has 5 heteroatoms. The third kappa shape index (κ3) is 3.03. The molecular formula is C12H18ClNO3. The Morgan fingerprint density at radius 1 is 1.41 bits per heavy atom. The molecule has 0 amide bonds. The predicted molar refractivity (Wildman–Crippen MR) is 67.6 cm³/mol. The number of phenolic OH excluding ortho intramolecular Hbond substituents is 1. The number of nitrogens with two attached hydrogens (primary N) is 1. The Morgan fingerprint density at radius 2 is 2.06 bits per heavy atom. The molecule has 4 N–H and O–H groups in total. The lowest BCUT2D eigenvalue weighted by Crippen LogP contribution is -2.28. The van der Waals surface area contributed by atoms with Gasteiger partial charge in [-0.25, -0.2) is 0 Å². The maximum absolute atomic E-state index is 9.96. The van der Waals surface area contributed by atoms with Gasteiger partial charge in [0.25, 0.3) is 0 Å². The Labute approximate surface area is 107 Å². The fraction of sp³-hybridized carbons (Fsp3) is 0.500. The Bertz CT molecular complexity index is 382. The zero-order valence-electron chi connectivity index (χ0n) is 9.67. The number of hydrogen-bond donors (Lipinski definition) is 3. The van der Waals surface area contributed by atoms with Gasteiger partial charge in [0.2, 0.25) is 0 Å². The first kappa shape index (κ1) is 14.1. The molecule has 0 aliphatic heterocycles. The van der Waals surface area contributed by atoms with Crippen molar-refractivity contribution < 1.29 is 14.9 Å². The van der Waals surface area contributed by atoms with E-state index in [1.54, 1.807) is 12.1 Å². The van der Waals surface area contributed by atoms with Crippen LogP contribution in [-0.2, 0) is 0 Å². The Hall–Kier alpha value is -0.970. The minimum Gasteiger partial charge on any atom is -0.508 e. The van der Waals surface area contributed by atoms with Gasteiger partial charge in [-0.2, -0.15) is 0 Å². The van der Waals surface area contributed by atoms with Gasteiger partial charge >= 0.3 is 0 Å². The van der Waals surface area contributed by atoms with E-state index in [2.05, 4.69) is 0 Å². The van der Waals surface area contributed by atoms with Gasteiger partial charge in [0, 0.05) is 11.6 Å². The van der Waals surface area contributed by atoms with Gasteiger partial charge in [0.1, 0.15) is 11.5 Å². The van der Waals surface area contributed by atoms with Gasteiger partial charge in [-0.1, -0.05) is 0 Å². The first-order valence-electron chi connectivity index (χ1n) is 5.44. The van der Waals surface area contributed by atoms with E-state index in [-0.39, 0.29) is 18.2 Å². The summed E-state index contributed by atoms with van der Waals surface area (Å²) >= 11 is 0. The summed E-state index contributed by atoms with van der Waals surface area (Å²) in [6.45, 7) is 0. The number of aliphatic hydroxyl groups is 1. The molecule has 1 fully saturated rings. The van der Waals surface area contributed by atoms with Gasteiger partial charge in [-0.15, -0.1) is 12.4 Å². The molecule has 1 aromatic carbocycles. The lowest BCUT2D eigenvalue weighted by Gasteiger charge is -2.21. The summed E-state index contributed by atoms with van der Waals surface area (Å²) in [7, 11) is 1.52. The second-order valence-corrected chi connectivity index (χ2v) is 4.28. The van der Waals surface area contributed by atoms with Crippen molar-refractivity contribution in [3.63, 3.8) is 0 Å². The standard InChI is InChI=1S/C12H17NO3.ClH/c1-16-10-6-8(14)4-5-9(10)11(13)12(15)7-2-3-7;/h4-7,11-12,14-15H,2-3,13H2,1H3;1H/t11-,12+;/m0./s1. The number of rotatable bonds is 4. The number of methoxy groups -OCH3 is 1. The smallest absolute Gasteiger partial charge is 0.127 e. The summed E-state index contributed by atoms with van der Waals surface area (Å²) in [5.74, 6) is 0.967. The summed E-state index contributed by atoms with van der Waals surface area (Å²) in [6, 6.07) is 4.30. The molecule has 2 atom stereocenters. The average Bonchev–Trinajstić information content (AvgIpc) is 3.10. The zero-order chi connectivity index (χ0) is 11.7. The molecule has 0 radical (unpaired) electrons. The number of aliphatic hydroxyl groups excluding tert-OH is 1. The van der Waals surface area contributed by atoms with Crippen molar-refractivity contribution in [1.82, 2.24) is 0 Å². The van der Waals surface area contributed by atoms with Crippen molar-refractivity contribution in [2.45, 2.75) is 25.0 Å². The van der Waals surface area contributed by atoms with E-state index in [0.29, 0.717) is 11.7 Å². The summed E-state index contributed by atoms with van der Waals surface area (Å²) in [6.07, 6.45) is 1.54. The Kier molecular flexibility index (Phi) is 4.62. The lowest BCUT2D eigenvalue weighted by molar-refractivity contribution is 0.121. The van der Waals surface area contributed by atoms with E-state index in [0.717, 1.165) is 18.4 Å². The topological polar surface area (TPSA) is 75.7 Å². The molecule has 1 saturated carbocycles. The number of benzene rings is 1. The molecule has 2 rings (SSSR count). The van der Waals surface area contributed by atoms with Crippen LogP contribution >= 0.6 is 12.4 Å². The van der Waals surface area contributed by atoms with Crippen molar-refractivity contribution >= 4 is 12.4 Å². The van der Waals surface area contributed by atoms with Crippen LogP contribution in [0.3, 0.4) is 0 Å². The molecule has 0 bridgehead atoms. The van der Waals surface area contributed by atoms with E-state index >= 15 is 0 Å². The van der Waals surface area contributed by atoms with Gasteiger partial charge < -0.3 is 20.7 Å². The average molecular weight is 260 g/mol. The molecule has 4 nitrogen and oxygen atoms in total. The molecule has 1 aliphatic carbocycles. The van der Waals surface area contributed by atoms with E-state index in [1.165, 1.54) is 13.2 Å². The summed E-state index contributed by atoms with van der Waals surface area (Å²) < 4.78 is 5.15. The number of phenols is 1. The number of aromatic hydroxyl groups is 1. The summed E-state index contributed by atoms with van der Waals surface area (Å²) in [4.78, 5) is 0. The van der Waals surface area contributed by atoms with Crippen molar-refractivity contribution in [2.75, 3.05) is 7.11 Å². The largest absolute Gasteiger partial charge is 0.508 e. The molecule has 17 heavy (non-hydrogen) atoms. The van der Waals surface area contributed by atoms with Crippen LogP contribution < -0.4 is 10.5 Å². The van der Waals surface area contributed by atoms with Crippen molar-refractivity contribution in [1.29, 1.82) is 0 Å². The first-order valence-corrected chi connectivity index (χ1v) is 5.44. The SMILES string of the molecule is COc1cc(O)ccc1[C@H](N)[C@H](O)C1CC1.Cl. The highest BCUT2D eigenvalue weighted by Gasteiger charge is 2.35. The van der Waals surface area contributed by atoms with E-state index in [9.17, 15) is 10.2 Å². The lowest BCUT2D eigenvalue weighted by atomic mass is 9.98. The molecule has 0 unspecified atom stereocenters. The van der Waals surface area contributed by atoms with Gasteiger partial charge in [0.15, 0.2) is 0 Å². The number of halogens is 1. The van der Waals surface area contributed by atoms with E-state index in [4.69, 9.17) is 10.5 Å². The van der Waals surface area contributed by atoms with Gasteiger partial charge in [0.05, 0.1) is 19.3 Å². The second kappa shape index (κ2) is 5.58. The predicted octanol–water partition coefficient (Wildman–Crippen LogP) is 1.59. The quantitative estimate of drug-likeness (QED) is 0.768. The van der Waals surface area contributed by atoms with Gasteiger partial charge in [-0.3, -0.25) is 0 Å². The van der Waals surface area contributed by atoms with Crippen LogP contribution in [0.1, 0.15) is 24.4 Å². The molecule has 0 heterocycles. The van der Waals surface area contributed by atoms with E-state index < -0.39 is 12.1 Å². The van der Waals surface area contributed by atoms with Crippen molar-refractivity contribution in [3.8, 4) is 11.5 Å². The fourth-order valence-electron chi connectivity index (χ4n) is 1.89. The van der Waals surface area contributed by atoms with Crippen LogP contribution in [0, 0.1) is 5.92 Å². The highest BCUT2D eigenvalue weighted by molar-refractivity contribution is 5.85. The maximum Gasteiger partial charge on any atom is 0.127 e. The number of ether oxygens (including phenoxy) is 1. The third-order valence-corrected chi connectivity index (χ3v) is 3.05. The summed E-state index contributed by atoms with van der Waals surface area (Å²) in [5.41, 5.74) is 6.73. The summed E-state index contributed by atoms with van der Waals surface area (Å²) in [5, 5.41) is 19.3. The second-order valence-electron chi connectivity index (χ2n) is 4.28. The maximum atomic E-state index is 9.96. The molecule has 0 spiro atoms. The van der Waals surface area contributed by atoms with E-state index in [1.807, 2.05) is 0 Å². The minimum absolute atomic E-state index is 0. The normalized spacial score (nSPS) is 18.1. The number of hydrogen-bond acceptors (Lipinski definition) is 4. The zero-order valence-corrected chi connectivity index (χ0v) is 10.5. The fourth-order valence-corrected chi connectivity index (χ4v) is 1.89. The van der Waals surface area contributed by atoms with Gasteiger partial charge in [-0.05, 0) is 30.9 Å². The van der Waals surface area contributed by atoms with Crippen LogP contribution in [0.2, 0.25) is 0 Å². The van der Waals surface area contributed by atoms with Crippen LogP contribution in [0.4, 0.5) is 0 Å². The Balaban J connectivity index is 0.00000144. The molecular weight excluding hydrogens is 242 g/mol. The van der Waals surface area contributed by atoms with Crippen molar-refractivity contribution in [2.24, 2.45) is 11.7 Å². The molecule has 1 aromatic rings. The highest BCUT2D eigenvalue weighted by Crippen LogP contribution is 2.39. The Morgan fingerprint density at radius 3 is 2.59 bits per heavy atom. The highest BCUT2D eigenvalue weighted by atomic mass is 35.5. The monoisotopic (exact) mass is 259 g/mol. The molecule has 96 valence electrons. The minimum atomic E-state index is -0.529.